The van der Waals surface area contributed by atoms with Gasteiger partial charge in [0.15, 0.2) is 11.5 Å². The molecule has 4 rings (SSSR count). The normalized spacial score (nSPS) is 11.5. The van der Waals surface area contributed by atoms with E-state index in [-0.39, 0.29) is 23.2 Å². The Hall–Kier alpha value is -4.86. The van der Waals surface area contributed by atoms with Crippen molar-refractivity contribution < 1.29 is 23.9 Å². The van der Waals surface area contributed by atoms with E-state index in [0.717, 1.165) is 34.3 Å². The van der Waals surface area contributed by atoms with Gasteiger partial charge in [-0.2, -0.15) is 0 Å². The third kappa shape index (κ3) is 7.06. The van der Waals surface area contributed by atoms with Gasteiger partial charge in [0.1, 0.15) is 5.75 Å². The number of anilines is 1. The molecule has 0 aliphatic rings. The van der Waals surface area contributed by atoms with Crippen molar-refractivity contribution in [2.45, 2.75) is 39.3 Å². The van der Waals surface area contributed by atoms with Crippen LogP contribution in [0.2, 0.25) is 0 Å². The fraction of sp³-hybridized carbons (Fsp3) is 0.312. The van der Waals surface area contributed by atoms with E-state index in [0.29, 0.717) is 36.6 Å². The molecule has 0 radical (unpaired) electrons. The first-order valence-corrected chi connectivity index (χ1v) is 13.7. The van der Waals surface area contributed by atoms with Crippen LogP contribution in [0.15, 0.2) is 66.9 Å². The number of carbonyl (C=O) groups is 1. The Bertz CT molecular complexity index is 1570. The number of aromatic nitrogens is 1. The molecule has 0 spiro atoms. The number of nitro benzene ring substituents is 1. The van der Waals surface area contributed by atoms with E-state index < -0.39 is 4.92 Å². The SMILES string of the molecule is COc1cc(NC(C)CCCN(Cc2ccc(OC)c(OC)c2)C(=O)c2ccc(C)c([N+](=O)[O-])c2)c2ncccc2c1. The van der Waals surface area contributed by atoms with Crippen LogP contribution in [0, 0.1) is 17.0 Å². The van der Waals surface area contributed by atoms with Crippen molar-refractivity contribution in [3.63, 3.8) is 0 Å². The first-order chi connectivity index (χ1) is 20.2. The second-order valence-corrected chi connectivity index (χ2v) is 10.1. The molecule has 0 fully saturated rings. The Balaban J connectivity index is 1.52. The van der Waals surface area contributed by atoms with Crippen molar-refractivity contribution in [3.8, 4) is 17.2 Å². The number of aryl methyl sites for hydroxylation is 1. The van der Waals surface area contributed by atoms with Crippen molar-refractivity contribution in [2.24, 2.45) is 0 Å². The summed E-state index contributed by atoms with van der Waals surface area (Å²) in [6.45, 7) is 4.48. The maximum Gasteiger partial charge on any atom is 0.273 e. The Morgan fingerprint density at radius 3 is 2.52 bits per heavy atom. The largest absolute Gasteiger partial charge is 0.497 e. The minimum absolute atomic E-state index is 0.0702. The van der Waals surface area contributed by atoms with Crippen LogP contribution >= 0.6 is 0 Å². The van der Waals surface area contributed by atoms with Crippen molar-refractivity contribution in [3.05, 3.63) is 93.7 Å². The highest BCUT2D eigenvalue weighted by molar-refractivity contribution is 5.95. The molecule has 1 unspecified atom stereocenters. The Morgan fingerprint density at radius 1 is 1.02 bits per heavy atom. The molecule has 0 aliphatic carbocycles. The van der Waals surface area contributed by atoms with Gasteiger partial charge in [-0.1, -0.05) is 18.2 Å². The lowest BCUT2D eigenvalue weighted by Gasteiger charge is -2.25. The monoisotopic (exact) mass is 572 g/mol. The third-order valence-corrected chi connectivity index (χ3v) is 7.14. The summed E-state index contributed by atoms with van der Waals surface area (Å²) in [7, 11) is 4.76. The lowest BCUT2D eigenvalue weighted by Crippen LogP contribution is -2.32. The summed E-state index contributed by atoms with van der Waals surface area (Å²) in [4.78, 5) is 31.0. The van der Waals surface area contributed by atoms with Crippen molar-refractivity contribution in [1.29, 1.82) is 0 Å². The molecule has 1 aromatic heterocycles. The smallest absolute Gasteiger partial charge is 0.273 e. The number of hydrogen-bond acceptors (Lipinski definition) is 8. The standard InChI is InChI=1S/C32H36N4O6/c1-21-10-12-25(18-28(21)36(38)39)32(37)35(20-23-11-13-29(41-4)30(16-23)42-5)15-7-8-22(2)34-27-19-26(40-3)17-24-9-6-14-33-31(24)27/h6,9-14,16-19,22,34H,7-8,15,20H2,1-5H3. The van der Waals surface area contributed by atoms with E-state index in [2.05, 4.69) is 17.2 Å². The number of hydrogen-bond donors (Lipinski definition) is 1. The first-order valence-electron chi connectivity index (χ1n) is 13.7. The lowest BCUT2D eigenvalue weighted by molar-refractivity contribution is -0.385. The average molecular weight is 573 g/mol. The molecular weight excluding hydrogens is 536 g/mol. The molecule has 3 aromatic carbocycles. The van der Waals surface area contributed by atoms with Crippen molar-refractivity contribution in [2.75, 3.05) is 33.2 Å². The Morgan fingerprint density at radius 2 is 1.81 bits per heavy atom. The fourth-order valence-corrected chi connectivity index (χ4v) is 4.89. The second-order valence-electron chi connectivity index (χ2n) is 10.1. The van der Waals surface area contributed by atoms with E-state index in [1.807, 2.05) is 36.4 Å². The summed E-state index contributed by atoms with van der Waals surface area (Å²) in [5, 5.41) is 16.1. The van der Waals surface area contributed by atoms with Crippen molar-refractivity contribution >= 4 is 28.2 Å². The number of pyridine rings is 1. The molecule has 1 heterocycles. The molecule has 1 amide bonds. The lowest BCUT2D eigenvalue weighted by atomic mass is 10.1. The third-order valence-electron chi connectivity index (χ3n) is 7.14. The number of nitrogens with zero attached hydrogens (tertiary/aromatic N) is 3. The zero-order chi connectivity index (χ0) is 30.2. The molecule has 4 aromatic rings. The van der Waals surface area contributed by atoms with Crippen LogP contribution in [0.25, 0.3) is 10.9 Å². The highest BCUT2D eigenvalue weighted by Gasteiger charge is 2.21. The minimum atomic E-state index is -0.463. The number of methoxy groups -OCH3 is 3. The number of benzene rings is 3. The summed E-state index contributed by atoms with van der Waals surface area (Å²) in [5.74, 6) is 1.61. The van der Waals surface area contributed by atoms with E-state index in [4.69, 9.17) is 14.2 Å². The van der Waals surface area contributed by atoms with Gasteiger partial charge in [-0.3, -0.25) is 19.9 Å². The highest BCUT2D eigenvalue weighted by Crippen LogP contribution is 2.30. The van der Waals surface area contributed by atoms with Crippen molar-refractivity contribution in [1.82, 2.24) is 9.88 Å². The van der Waals surface area contributed by atoms with Crippen LogP contribution in [0.4, 0.5) is 11.4 Å². The summed E-state index contributed by atoms with van der Waals surface area (Å²) in [6.07, 6.45) is 3.21. The minimum Gasteiger partial charge on any atom is -0.497 e. The van der Waals surface area contributed by atoms with Gasteiger partial charge in [0, 0.05) is 54.0 Å². The molecule has 0 saturated carbocycles. The molecule has 1 N–H and O–H groups in total. The van der Waals surface area contributed by atoms with E-state index in [1.165, 1.54) is 6.07 Å². The number of amides is 1. The first kappa shape index (κ1) is 30.1. The number of nitrogens with one attached hydrogen (secondary N) is 1. The van der Waals surface area contributed by atoms with Crippen LogP contribution in [-0.4, -0.2) is 54.6 Å². The van der Waals surface area contributed by atoms with E-state index in [9.17, 15) is 14.9 Å². The van der Waals surface area contributed by atoms with Crippen LogP contribution < -0.4 is 19.5 Å². The summed E-state index contributed by atoms with van der Waals surface area (Å²) in [6, 6.07) is 17.9. The number of ether oxygens (including phenoxy) is 3. The van der Waals surface area contributed by atoms with Crippen LogP contribution in [0.1, 0.15) is 41.3 Å². The van der Waals surface area contributed by atoms with Gasteiger partial charge in [0.2, 0.25) is 0 Å². The number of nitro groups is 1. The predicted molar refractivity (Wildman–Crippen MR) is 163 cm³/mol. The zero-order valence-corrected chi connectivity index (χ0v) is 24.5. The quantitative estimate of drug-likeness (QED) is 0.145. The predicted octanol–water partition coefficient (Wildman–Crippen LogP) is 6.40. The zero-order valence-electron chi connectivity index (χ0n) is 24.5. The number of carbonyl (C=O) groups excluding carboxylic acids is 1. The average Bonchev–Trinajstić information content (AvgIpc) is 3.00. The van der Waals surface area contributed by atoms with Gasteiger partial charge in [0.05, 0.1) is 37.5 Å². The van der Waals surface area contributed by atoms with Gasteiger partial charge in [-0.25, -0.2) is 0 Å². The maximum absolute atomic E-state index is 13.7. The molecule has 10 nitrogen and oxygen atoms in total. The summed E-state index contributed by atoms with van der Waals surface area (Å²) in [5.41, 5.74) is 3.28. The van der Waals surface area contributed by atoms with Gasteiger partial charge >= 0.3 is 0 Å². The van der Waals surface area contributed by atoms with Gasteiger partial charge < -0.3 is 24.4 Å². The molecule has 1 atom stereocenters. The molecule has 0 bridgehead atoms. The molecule has 220 valence electrons. The Kier molecular flexibility index (Phi) is 9.80. The maximum atomic E-state index is 13.7. The molecule has 10 heteroatoms. The number of fused-ring (bicyclic) bond motifs is 1. The second kappa shape index (κ2) is 13.7. The summed E-state index contributed by atoms with van der Waals surface area (Å²) < 4.78 is 16.3. The Labute approximate surface area is 245 Å². The van der Waals surface area contributed by atoms with E-state index in [1.54, 1.807) is 57.5 Å². The van der Waals surface area contributed by atoms with E-state index >= 15 is 0 Å². The van der Waals surface area contributed by atoms with Crippen LogP contribution in [-0.2, 0) is 6.54 Å². The summed E-state index contributed by atoms with van der Waals surface area (Å²) >= 11 is 0. The van der Waals surface area contributed by atoms with Gasteiger partial charge in [0.25, 0.3) is 11.6 Å². The molecule has 42 heavy (non-hydrogen) atoms. The van der Waals surface area contributed by atoms with Crippen LogP contribution in [0.5, 0.6) is 17.2 Å². The van der Waals surface area contributed by atoms with Crippen LogP contribution in [0.3, 0.4) is 0 Å². The molecular formula is C32H36N4O6. The fourth-order valence-electron chi connectivity index (χ4n) is 4.89. The van der Waals surface area contributed by atoms with Gasteiger partial charge in [-0.15, -0.1) is 0 Å². The topological polar surface area (TPSA) is 116 Å². The highest BCUT2D eigenvalue weighted by atomic mass is 16.6. The molecule has 0 saturated heterocycles. The number of rotatable bonds is 13. The molecule has 0 aliphatic heterocycles. The van der Waals surface area contributed by atoms with Gasteiger partial charge in [-0.05, 0) is 62.6 Å².